The van der Waals surface area contributed by atoms with Crippen LogP contribution in [0.4, 0.5) is 0 Å². The zero-order chi connectivity index (χ0) is 6.78. The Labute approximate surface area is 91.8 Å². The van der Waals surface area contributed by atoms with Gasteiger partial charge in [-0.2, -0.15) is 8.42 Å². The van der Waals surface area contributed by atoms with E-state index >= 15 is 0 Å². The predicted molar refractivity (Wildman–Crippen MR) is 39.1 cm³/mol. The average molecular weight is 199 g/mol. The Bertz CT molecular complexity index is 203. The van der Waals surface area contributed by atoms with Gasteiger partial charge in [0, 0.05) is 5.54 Å². The molecule has 0 rings (SSSR count). The van der Waals surface area contributed by atoms with Gasteiger partial charge in [0.05, 0.1) is 4.91 Å². The Morgan fingerprint density at radius 1 is 1.78 bits per heavy atom. The average Bonchev–Trinajstić information content (AvgIpc) is 1.62. The first-order valence-corrected chi connectivity index (χ1v) is 3.60. The maximum absolute atomic E-state index is 9.97. The summed E-state index contributed by atoms with van der Waals surface area (Å²) in [5, 5.41) is 0. The fraction of sp³-hybridized carbons (Fsp3) is 0.333. The number of hydrogen-bond acceptors (Lipinski definition) is 2. The summed E-state index contributed by atoms with van der Waals surface area (Å²) in [4.78, 5) is -0.251. The third-order valence-electron chi connectivity index (χ3n) is 0.561. The van der Waals surface area contributed by atoms with Crippen molar-refractivity contribution < 1.29 is 15.8 Å². The molecular formula is C3H7CaClO3S. The second-order valence-electron chi connectivity index (χ2n) is 1.19. The zero-order valence-corrected chi connectivity index (χ0v) is 8.62. The monoisotopic (exact) mass is 198 g/mol. The molecule has 52 valence electrons. The van der Waals surface area contributed by atoms with Gasteiger partial charge in [-0.05, 0) is 6.92 Å². The molecule has 9 heavy (non-hydrogen) atoms. The molecule has 0 aliphatic carbocycles. The van der Waals surface area contributed by atoms with Crippen LogP contribution in [-0.4, -0.2) is 50.7 Å². The fourth-order valence-electron chi connectivity index (χ4n) is 0.0563. The van der Waals surface area contributed by atoms with Gasteiger partial charge in [0.15, 0.2) is 0 Å². The standard InChI is InChI=1S/C3H5ClO3S.Ca.2H/c1-3(2-4)8(5,6)7;;;/h2H,1H3,(H,5,6,7);;;/q;+2;2*-1. The Balaban J connectivity index is -0.0000000817. The molecule has 0 aliphatic rings. The van der Waals surface area contributed by atoms with Crippen LogP contribution in [-0.2, 0) is 10.1 Å². The van der Waals surface area contributed by atoms with Crippen LogP contribution >= 0.6 is 11.6 Å². The quantitative estimate of drug-likeness (QED) is 0.502. The summed E-state index contributed by atoms with van der Waals surface area (Å²) in [6.07, 6.45) is 0. The molecule has 0 radical (unpaired) electrons. The number of hydrogen-bond donors (Lipinski definition) is 1. The van der Waals surface area contributed by atoms with Gasteiger partial charge < -0.3 is 2.85 Å². The van der Waals surface area contributed by atoms with Crippen LogP contribution in [0.1, 0.15) is 9.78 Å². The second-order valence-corrected chi connectivity index (χ2v) is 3.01. The van der Waals surface area contributed by atoms with Gasteiger partial charge in [0.2, 0.25) is 0 Å². The van der Waals surface area contributed by atoms with E-state index in [1.54, 1.807) is 0 Å². The normalized spacial score (nSPS) is 12.6. The molecule has 0 aliphatic heterocycles. The molecule has 0 saturated heterocycles. The van der Waals surface area contributed by atoms with Gasteiger partial charge >= 0.3 is 37.7 Å². The number of allylic oxidation sites excluding steroid dienone is 1. The van der Waals surface area contributed by atoms with Crippen molar-refractivity contribution in [2.75, 3.05) is 0 Å². The summed E-state index contributed by atoms with van der Waals surface area (Å²) in [7, 11) is -4.02. The first-order chi connectivity index (χ1) is 3.48. The van der Waals surface area contributed by atoms with Gasteiger partial charge in [-0.3, -0.25) is 4.55 Å². The summed E-state index contributed by atoms with van der Waals surface area (Å²) < 4.78 is 28.0. The van der Waals surface area contributed by atoms with E-state index in [0.29, 0.717) is 0 Å². The van der Waals surface area contributed by atoms with Crippen molar-refractivity contribution in [1.82, 2.24) is 0 Å². The molecule has 0 saturated carbocycles. The summed E-state index contributed by atoms with van der Waals surface area (Å²) in [6, 6.07) is 0. The third kappa shape index (κ3) is 5.63. The van der Waals surface area contributed by atoms with Gasteiger partial charge in [-0.15, -0.1) is 0 Å². The Hall–Kier alpha value is 1.20. The van der Waals surface area contributed by atoms with Gasteiger partial charge in [0.1, 0.15) is 0 Å². The van der Waals surface area contributed by atoms with Crippen LogP contribution < -0.4 is 0 Å². The van der Waals surface area contributed by atoms with Crippen LogP contribution in [0.15, 0.2) is 10.4 Å². The minimum absolute atomic E-state index is 0. The maximum Gasteiger partial charge on any atom is 2.00 e. The predicted octanol–water partition coefficient (Wildman–Crippen LogP) is 0.819. The van der Waals surface area contributed by atoms with Crippen molar-refractivity contribution in [3.63, 3.8) is 0 Å². The van der Waals surface area contributed by atoms with E-state index in [-0.39, 0.29) is 45.5 Å². The fourth-order valence-corrected chi connectivity index (χ4v) is 0.507. The molecule has 1 N–H and O–H groups in total. The second kappa shape index (κ2) is 4.93. The van der Waals surface area contributed by atoms with Crippen molar-refractivity contribution >= 4 is 59.5 Å². The van der Waals surface area contributed by atoms with E-state index in [9.17, 15) is 8.42 Å². The minimum atomic E-state index is -4.02. The molecule has 0 bridgehead atoms. The summed E-state index contributed by atoms with van der Waals surface area (Å²) in [6.45, 7) is 1.20. The van der Waals surface area contributed by atoms with Crippen LogP contribution in [0.5, 0.6) is 0 Å². The Morgan fingerprint density at radius 3 is 2.11 bits per heavy atom. The first-order valence-electron chi connectivity index (χ1n) is 1.73. The molecular weight excluding hydrogens is 192 g/mol. The molecule has 0 atom stereocenters. The number of rotatable bonds is 1. The molecule has 6 heteroatoms. The molecule has 0 aromatic carbocycles. The Kier molecular flexibility index (Phi) is 7.03. The Morgan fingerprint density at radius 2 is 2.11 bits per heavy atom. The van der Waals surface area contributed by atoms with Gasteiger partial charge in [0.25, 0.3) is 10.1 Å². The molecule has 0 amide bonds. The molecule has 0 fully saturated rings. The summed E-state index contributed by atoms with van der Waals surface area (Å²) in [5.41, 5.74) is 0.801. The van der Waals surface area contributed by atoms with Crippen LogP contribution in [0, 0.1) is 0 Å². The van der Waals surface area contributed by atoms with E-state index < -0.39 is 10.1 Å². The molecule has 3 nitrogen and oxygen atoms in total. The minimum Gasteiger partial charge on any atom is -1.00 e. The third-order valence-corrected chi connectivity index (χ3v) is 1.95. The first kappa shape index (κ1) is 12.8. The van der Waals surface area contributed by atoms with Crippen molar-refractivity contribution in [3.05, 3.63) is 10.4 Å². The maximum atomic E-state index is 9.97. The molecule has 0 aromatic rings. The summed E-state index contributed by atoms with van der Waals surface area (Å²) >= 11 is 4.94. The topological polar surface area (TPSA) is 54.4 Å². The molecule has 0 spiro atoms. The zero-order valence-electron chi connectivity index (χ0n) is 6.83. The van der Waals surface area contributed by atoms with E-state index in [4.69, 9.17) is 16.2 Å². The van der Waals surface area contributed by atoms with Crippen molar-refractivity contribution in [3.8, 4) is 0 Å². The summed E-state index contributed by atoms with van der Waals surface area (Å²) in [5.74, 6) is 0. The van der Waals surface area contributed by atoms with Crippen LogP contribution in [0.25, 0.3) is 0 Å². The smallest absolute Gasteiger partial charge is 1.00 e. The largest absolute Gasteiger partial charge is 2.00 e. The van der Waals surface area contributed by atoms with Crippen LogP contribution in [0.2, 0.25) is 0 Å². The van der Waals surface area contributed by atoms with Crippen molar-refractivity contribution in [2.45, 2.75) is 6.92 Å². The van der Waals surface area contributed by atoms with Gasteiger partial charge in [-0.25, -0.2) is 0 Å². The molecule has 0 unspecified atom stereocenters. The van der Waals surface area contributed by atoms with E-state index in [1.165, 1.54) is 6.92 Å². The molecule has 0 aromatic heterocycles. The van der Waals surface area contributed by atoms with E-state index in [0.717, 1.165) is 5.54 Å². The van der Waals surface area contributed by atoms with Crippen LogP contribution in [0.3, 0.4) is 0 Å². The van der Waals surface area contributed by atoms with Crippen molar-refractivity contribution in [2.24, 2.45) is 0 Å². The van der Waals surface area contributed by atoms with E-state index in [1.807, 2.05) is 0 Å². The van der Waals surface area contributed by atoms with E-state index in [2.05, 4.69) is 0 Å². The SMILES string of the molecule is CC(=CCl)S(=O)(=O)O.[Ca+2].[H-].[H-]. The van der Waals surface area contributed by atoms with Crippen molar-refractivity contribution in [1.29, 1.82) is 0 Å². The molecule has 0 heterocycles. The number of halogens is 1. The van der Waals surface area contributed by atoms with Gasteiger partial charge in [-0.1, -0.05) is 11.6 Å².